The molecule has 2 aliphatic rings. The second-order valence-corrected chi connectivity index (χ2v) is 6.68. The Bertz CT molecular complexity index is 606. The van der Waals surface area contributed by atoms with Gasteiger partial charge in [0.05, 0.1) is 21.6 Å². The Balaban J connectivity index is 1.75. The lowest BCUT2D eigenvalue weighted by atomic mass is 9.85. The van der Waals surface area contributed by atoms with Gasteiger partial charge in [0.25, 0.3) is 0 Å². The molecule has 0 radical (unpaired) electrons. The first-order valence-corrected chi connectivity index (χ1v) is 8.11. The van der Waals surface area contributed by atoms with E-state index in [9.17, 15) is 0 Å². The molecule has 4 rings (SSSR count). The highest BCUT2D eigenvalue weighted by atomic mass is 32.1. The molecule has 0 bridgehead atoms. The minimum Gasteiger partial charge on any atom is -0.395 e. The van der Waals surface area contributed by atoms with Gasteiger partial charge in [-0.3, -0.25) is 0 Å². The first-order chi connectivity index (χ1) is 9.34. The van der Waals surface area contributed by atoms with Crippen molar-refractivity contribution in [2.75, 3.05) is 17.2 Å². The number of fused-ring (bicyclic) bond motifs is 2. The highest BCUT2D eigenvalue weighted by Crippen LogP contribution is 2.42. The Kier molecular flexibility index (Phi) is 2.65. The summed E-state index contributed by atoms with van der Waals surface area (Å²) >= 11 is 1.67. The number of hydrogen-bond acceptors (Lipinski definition) is 4. The Morgan fingerprint density at radius 1 is 1.21 bits per heavy atom. The summed E-state index contributed by atoms with van der Waals surface area (Å²) in [4.78, 5) is 6.97. The van der Waals surface area contributed by atoms with Crippen LogP contribution in [0.25, 0.3) is 10.2 Å². The van der Waals surface area contributed by atoms with Gasteiger partial charge in [0, 0.05) is 12.6 Å². The fourth-order valence-electron chi connectivity index (χ4n) is 3.90. The van der Waals surface area contributed by atoms with Crippen LogP contribution in [-0.4, -0.2) is 17.6 Å². The molecule has 100 valence electrons. The van der Waals surface area contributed by atoms with Crippen LogP contribution in [0.1, 0.15) is 32.1 Å². The van der Waals surface area contributed by atoms with Crippen LogP contribution in [0.2, 0.25) is 0 Å². The fourth-order valence-corrected chi connectivity index (χ4v) is 4.59. The molecule has 4 heteroatoms. The summed E-state index contributed by atoms with van der Waals surface area (Å²) in [6, 6.07) is 5.09. The van der Waals surface area contributed by atoms with Gasteiger partial charge in [-0.2, -0.15) is 0 Å². The molecule has 2 heterocycles. The van der Waals surface area contributed by atoms with Crippen LogP contribution < -0.4 is 10.6 Å². The topological polar surface area (TPSA) is 42.1 Å². The first kappa shape index (κ1) is 11.5. The zero-order valence-corrected chi connectivity index (χ0v) is 11.8. The molecular weight excluding hydrogens is 254 g/mol. The molecule has 2 aromatic rings. The summed E-state index contributed by atoms with van der Waals surface area (Å²) in [6.45, 7) is 1.16. The Labute approximate surface area is 117 Å². The number of rotatable bonds is 1. The Morgan fingerprint density at radius 2 is 2.11 bits per heavy atom. The second kappa shape index (κ2) is 4.37. The van der Waals surface area contributed by atoms with Gasteiger partial charge in [-0.15, -0.1) is 11.3 Å². The van der Waals surface area contributed by atoms with Crippen molar-refractivity contribution in [2.45, 2.75) is 38.1 Å². The molecule has 1 saturated heterocycles. The van der Waals surface area contributed by atoms with E-state index in [1.807, 2.05) is 5.51 Å². The third-order valence-electron chi connectivity index (χ3n) is 4.84. The van der Waals surface area contributed by atoms with Crippen LogP contribution in [0.15, 0.2) is 17.6 Å². The van der Waals surface area contributed by atoms with Gasteiger partial charge in [0.1, 0.15) is 5.52 Å². The lowest BCUT2D eigenvalue weighted by molar-refractivity contribution is 0.342. The van der Waals surface area contributed by atoms with E-state index in [4.69, 9.17) is 5.73 Å². The Hall–Kier alpha value is -1.29. The molecular formula is C15H19N3S. The SMILES string of the molecule is Nc1c(N2CCC3CCCCC32)ccc2scnc12. The smallest absolute Gasteiger partial charge is 0.106 e. The normalized spacial score (nSPS) is 26.8. The fraction of sp³-hybridized carbons (Fsp3) is 0.533. The number of nitrogens with zero attached hydrogens (tertiary/aromatic N) is 2. The van der Waals surface area contributed by atoms with E-state index in [0.717, 1.165) is 23.7 Å². The maximum absolute atomic E-state index is 6.37. The molecule has 2 atom stereocenters. The van der Waals surface area contributed by atoms with E-state index < -0.39 is 0 Å². The molecule has 19 heavy (non-hydrogen) atoms. The van der Waals surface area contributed by atoms with Crippen molar-refractivity contribution in [3.8, 4) is 0 Å². The maximum atomic E-state index is 6.37. The highest BCUT2D eigenvalue weighted by Gasteiger charge is 2.36. The summed E-state index contributed by atoms with van der Waals surface area (Å²) in [7, 11) is 0. The van der Waals surface area contributed by atoms with Gasteiger partial charge in [0.2, 0.25) is 0 Å². The average molecular weight is 273 g/mol. The number of aromatic nitrogens is 1. The van der Waals surface area contributed by atoms with Gasteiger partial charge < -0.3 is 10.6 Å². The summed E-state index contributed by atoms with van der Waals surface area (Å²) in [6.07, 6.45) is 6.85. The quantitative estimate of drug-likeness (QED) is 0.806. The number of hydrogen-bond donors (Lipinski definition) is 1. The average Bonchev–Trinajstić information content (AvgIpc) is 3.06. The van der Waals surface area contributed by atoms with Crippen molar-refractivity contribution in [1.29, 1.82) is 0 Å². The van der Waals surface area contributed by atoms with E-state index in [1.165, 1.54) is 42.5 Å². The number of benzene rings is 1. The number of nitrogens with two attached hydrogens (primary N) is 1. The molecule has 2 N–H and O–H groups in total. The molecule has 0 spiro atoms. The molecule has 1 saturated carbocycles. The monoisotopic (exact) mass is 273 g/mol. The predicted octanol–water partition coefficient (Wildman–Crippen LogP) is 3.65. The minimum absolute atomic E-state index is 0.715. The number of nitrogen functional groups attached to an aromatic ring is 1. The lowest BCUT2D eigenvalue weighted by Crippen LogP contribution is -2.35. The maximum Gasteiger partial charge on any atom is 0.106 e. The van der Waals surface area contributed by atoms with Gasteiger partial charge >= 0.3 is 0 Å². The van der Waals surface area contributed by atoms with Crippen molar-refractivity contribution < 1.29 is 0 Å². The molecule has 1 aromatic heterocycles. The zero-order valence-electron chi connectivity index (χ0n) is 11.0. The highest BCUT2D eigenvalue weighted by molar-refractivity contribution is 7.16. The van der Waals surface area contributed by atoms with Crippen LogP contribution in [0.3, 0.4) is 0 Å². The Morgan fingerprint density at radius 3 is 3.05 bits per heavy atom. The van der Waals surface area contributed by atoms with Crippen LogP contribution >= 0.6 is 11.3 Å². The van der Waals surface area contributed by atoms with E-state index >= 15 is 0 Å². The largest absolute Gasteiger partial charge is 0.395 e. The van der Waals surface area contributed by atoms with Crippen LogP contribution in [-0.2, 0) is 0 Å². The van der Waals surface area contributed by atoms with Gasteiger partial charge in [-0.1, -0.05) is 12.8 Å². The molecule has 3 nitrogen and oxygen atoms in total. The standard InChI is InChI=1S/C15H19N3S/c16-14-12(5-6-13-15(14)17-9-19-13)18-8-7-10-3-1-2-4-11(10)18/h5-6,9-11H,1-4,7-8,16H2. The van der Waals surface area contributed by atoms with Crippen molar-refractivity contribution in [1.82, 2.24) is 4.98 Å². The summed E-state index contributed by atoms with van der Waals surface area (Å²) in [5.74, 6) is 0.888. The van der Waals surface area contributed by atoms with Gasteiger partial charge in [-0.05, 0) is 37.3 Å². The lowest BCUT2D eigenvalue weighted by Gasteiger charge is -2.33. The van der Waals surface area contributed by atoms with Gasteiger partial charge in [-0.25, -0.2) is 4.98 Å². The molecule has 1 aliphatic heterocycles. The first-order valence-electron chi connectivity index (χ1n) is 7.23. The van der Waals surface area contributed by atoms with Gasteiger partial charge in [0.15, 0.2) is 0 Å². The summed E-state index contributed by atoms with van der Waals surface area (Å²) in [5.41, 5.74) is 11.3. The molecule has 2 fully saturated rings. The zero-order chi connectivity index (χ0) is 12.8. The van der Waals surface area contributed by atoms with E-state index in [0.29, 0.717) is 6.04 Å². The minimum atomic E-state index is 0.715. The predicted molar refractivity (Wildman–Crippen MR) is 81.7 cm³/mol. The van der Waals surface area contributed by atoms with Crippen molar-refractivity contribution in [3.63, 3.8) is 0 Å². The second-order valence-electron chi connectivity index (χ2n) is 5.79. The third-order valence-corrected chi connectivity index (χ3v) is 5.63. The molecule has 0 amide bonds. The van der Waals surface area contributed by atoms with E-state index in [-0.39, 0.29) is 0 Å². The molecule has 1 aromatic carbocycles. The van der Waals surface area contributed by atoms with Crippen LogP contribution in [0.4, 0.5) is 11.4 Å². The molecule has 2 unspecified atom stereocenters. The van der Waals surface area contributed by atoms with E-state index in [1.54, 1.807) is 11.3 Å². The number of anilines is 2. The third kappa shape index (κ3) is 1.73. The number of thiazole rings is 1. The summed E-state index contributed by atoms with van der Waals surface area (Å²) in [5, 5.41) is 0. The summed E-state index contributed by atoms with van der Waals surface area (Å²) < 4.78 is 1.20. The van der Waals surface area contributed by atoms with E-state index in [2.05, 4.69) is 22.0 Å². The molecule has 1 aliphatic carbocycles. The van der Waals surface area contributed by atoms with Crippen molar-refractivity contribution in [2.24, 2.45) is 5.92 Å². The van der Waals surface area contributed by atoms with Crippen LogP contribution in [0, 0.1) is 5.92 Å². The van der Waals surface area contributed by atoms with Crippen molar-refractivity contribution >= 4 is 32.9 Å². The van der Waals surface area contributed by atoms with Crippen molar-refractivity contribution in [3.05, 3.63) is 17.6 Å². The van der Waals surface area contributed by atoms with Crippen LogP contribution in [0.5, 0.6) is 0 Å².